The van der Waals surface area contributed by atoms with Gasteiger partial charge in [0.2, 0.25) is 0 Å². The first kappa shape index (κ1) is 21.4. The zero-order valence-electron chi connectivity index (χ0n) is 16.0. The van der Waals surface area contributed by atoms with Gasteiger partial charge in [-0.1, -0.05) is 45.9 Å². The zero-order chi connectivity index (χ0) is 18.9. The van der Waals surface area contributed by atoms with Gasteiger partial charge < -0.3 is 9.64 Å². The lowest BCUT2D eigenvalue weighted by molar-refractivity contribution is 0.101. The largest absolute Gasteiger partial charge is 0.375 e. The maximum absolute atomic E-state index is 6.04. The Bertz CT molecular complexity index is 1000. The lowest BCUT2D eigenvalue weighted by Crippen LogP contribution is -2.23. The summed E-state index contributed by atoms with van der Waals surface area (Å²) in [5, 5.41) is 0. The summed E-state index contributed by atoms with van der Waals surface area (Å²) < 4.78 is 7.17. The molecule has 0 unspecified atom stereocenters. The number of benzene rings is 2. The first-order valence-corrected chi connectivity index (χ1v) is 12.2. The predicted octanol–water partition coefficient (Wildman–Crippen LogP) is 7.34. The maximum atomic E-state index is 6.04. The van der Waals surface area contributed by atoms with Crippen molar-refractivity contribution in [2.24, 2.45) is 0 Å². The fraction of sp³-hybridized carbons (Fsp3) is 0.304. The quantitative estimate of drug-likeness (QED) is 0.262. The summed E-state index contributed by atoms with van der Waals surface area (Å²) in [5.74, 6) is 0. The molecule has 2 nitrogen and oxygen atoms in total. The SMILES string of the molecule is Brc1ccc2c(c1)-c1sc(COCCN3CCCC3)cc1-c1ccccc1S2.Cl. The van der Waals surface area contributed by atoms with Gasteiger partial charge in [0, 0.05) is 41.7 Å². The van der Waals surface area contributed by atoms with Gasteiger partial charge in [-0.05, 0) is 61.8 Å². The lowest BCUT2D eigenvalue weighted by atomic mass is 10.0. The van der Waals surface area contributed by atoms with Gasteiger partial charge in [0.25, 0.3) is 0 Å². The highest BCUT2D eigenvalue weighted by Gasteiger charge is 2.22. The molecule has 1 aromatic heterocycles. The first-order chi connectivity index (χ1) is 13.8. The Morgan fingerprint density at radius 2 is 1.72 bits per heavy atom. The Balaban J connectivity index is 0.00000205. The van der Waals surface area contributed by atoms with Crippen molar-refractivity contribution in [3.63, 3.8) is 0 Å². The molecule has 6 heteroatoms. The minimum Gasteiger partial charge on any atom is -0.375 e. The molecule has 0 saturated carbocycles. The van der Waals surface area contributed by atoms with E-state index in [1.54, 1.807) is 0 Å². The van der Waals surface area contributed by atoms with E-state index in [-0.39, 0.29) is 12.4 Å². The molecule has 29 heavy (non-hydrogen) atoms. The normalized spacial score (nSPS) is 15.2. The van der Waals surface area contributed by atoms with Crippen LogP contribution in [-0.2, 0) is 11.3 Å². The van der Waals surface area contributed by atoms with Crippen LogP contribution in [0, 0.1) is 0 Å². The topological polar surface area (TPSA) is 12.5 Å². The molecule has 0 amide bonds. The van der Waals surface area contributed by atoms with Crippen molar-refractivity contribution in [2.75, 3.05) is 26.2 Å². The molecule has 0 N–H and O–H groups in total. The number of nitrogens with zero attached hydrogens (tertiary/aromatic N) is 1. The second-order valence-electron chi connectivity index (χ2n) is 7.30. The van der Waals surface area contributed by atoms with E-state index in [4.69, 9.17) is 4.74 Å². The summed E-state index contributed by atoms with van der Waals surface area (Å²) in [6.07, 6.45) is 2.67. The number of ether oxygens (including phenoxy) is 1. The van der Waals surface area contributed by atoms with E-state index >= 15 is 0 Å². The van der Waals surface area contributed by atoms with Crippen LogP contribution < -0.4 is 0 Å². The van der Waals surface area contributed by atoms with Gasteiger partial charge in [0.15, 0.2) is 0 Å². The Labute approximate surface area is 195 Å². The molecule has 0 spiro atoms. The van der Waals surface area contributed by atoms with E-state index in [9.17, 15) is 0 Å². The molecule has 3 heterocycles. The van der Waals surface area contributed by atoms with Crippen molar-refractivity contribution in [1.29, 1.82) is 0 Å². The van der Waals surface area contributed by atoms with E-state index in [1.165, 1.54) is 62.2 Å². The van der Waals surface area contributed by atoms with Gasteiger partial charge >= 0.3 is 0 Å². The lowest BCUT2D eigenvalue weighted by Gasteiger charge is -2.13. The van der Waals surface area contributed by atoms with Crippen molar-refractivity contribution in [1.82, 2.24) is 4.90 Å². The summed E-state index contributed by atoms with van der Waals surface area (Å²) in [6.45, 7) is 5.04. The third kappa shape index (κ3) is 4.60. The van der Waals surface area contributed by atoms with Gasteiger partial charge in [-0.25, -0.2) is 0 Å². The predicted molar refractivity (Wildman–Crippen MR) is 130 cm³/mol. The number of likely N-dealkylation sites (tertiary alicyclic amines) is 1. The highest BCUT2D eigenvalue weighted by Crippen LogP contribution is 2.51. The van der Waals surface area contributed by atoms with Crippen LogP contribution in [0.25, 0.3) is 21.6 Å². The van der Waals surface area contributed by atoms with E-state index in [2.05, 4.69) is 69.4 Å². The molecule has 2 aliphatic rings. The summed E-state index contributed by atoms with van der Waals surface area (Å²) in [7, 11) is 0. The molecule has 3 aromatic rings. The van der Waals surface area contributed by atoms with Crippen LogP contribution in [0.1, 0.15) is 17.7 Å². The summed E-state index contributed by atoms with van der Waals surface area (Å²) in [4.78, 5) is 7.80. The molecule has 1 fully saturated rings. The van der Waals surface area contributed by atoms with Gasteiger partial charge in [-0.2, -0.15) is 0 Å². The average molecular weight is 509 g/mol. The smallest absolute Gasteiger partial charge is 0.0810 e. The first-order valence-electron chi connectivity index (χ1n) is 9.78. The van der Waals surface area contributed by atoms with E-state index in [1.807, 2.05) is 23.1 Å². The standard InChI is InChI=1S/C23H22BrNOS2.ClH/c24-16-7-8-22-20(13-16)23-19(18-5-1-2-6-21(18)28-22)14-17(27-23)15-26-12-11-25-9-3-4-10-25;/h1-2,5-8,13-14H,3-4,9-12,15H2;1H. The van der Waals surface area contributed by atoms with E-state index in [0.29, 0.717) is 6.61 Å². The second kappa shape index (κ2) is 9.54. The Kier molecular flexibility index (Phi) is 7.05. The molecule has 0 atom stereocenters. The third-order valence-electron chi connectivity index (χ3n) is 5.36. The highest BCUT2D eigenvalue weighted by molar-refractivity contribution is 9.10. The van der Waals surface area contributed by atoms with E-state index < -0.39 is 0 Å². The molecule has 0 aliphatic carbocycles. The summed E-state index contributed by atoms with van der Waals surface area (Å²) >= 11 is 7.40. The van der Waals surface area contributed by atoms with Crippen LogP contribution >= 0.6 is 51.4 Å². The maximum Gasteiger partial charge on any atom is 0.0810 e. The fourth-order valence-electron chi connectivity index (χ4n) is 3.95. The number of hydrogen-bond donors (Lipinski definition) is 0. The minimum atomic E-state index is 0. The van der Waals surface area contributed by atoms with Gasteiger partial charge in [-0.15, -0.1) is 23.7 Å². The van der Waals surface area contributed by atoms with Crippen LogP contribution in [0.3, 0.4) is 0 Å². The van der Waals surface area contributed by atoms with Crippen molar-refractivity contribution in [3.8, 4) is 21.6 Å². The molecule has 0 bridgehead atoms. The van der Waals surface area contributed by atoms with Crippen molar-refractivity contribution in [3.05, 3.63) is 57.9 Å². The zero-order valence-corrected chi connectivity index (χ0v) is 20.1. The molecule has 2 aliphatic heterocycles. The van der Waals surface area contributed by atoms with Crippen molar-refractivity contribution < 1.29 is 4.74 Å². The Morgan fingerprint density at radius 1 is 0.931 bits per heavy atom. The molecule has 152 valence electrons. The van der Waals surface area contributed by atoms with Crippen LogP contribution in [0.4, 0.5) is 0 Å². The minimum absolute atomic E-state index is 0. The average Bonchev–Trinajstić information content (AvgIpc) is 3.35. The Hall–Kier alpha value is -0.820. The van der Waals surface area contributed by atoms with Gasteiger partial charge in [0.1, 0.15) is 0 Å². The molecule has 2 aromatic carbocycles. The Morgan fingerprint density at radius 3 is 2.59 bits per heavy atom. The summed E-state index contributed by atoms with van der Waals surface area (Å²) in [6, 6.07) is 17.7. The fourth-order valence-corrected chi connectivity index (χ4v) is 6.59. The number of hydrogen-bond acceptors (Lipinski definition) is 4. The van der Waals surface area contributed by atoms with Crippen LogP contribution in [0.5, 0.6) is 0 Å². The van der Waals surface area contributed by atoms with Crippen LogP contribution in [0.15, 0.2) is 62.8 Å². The third-order valence-corrected chi connectivity index (χ3v) is 8.15. The van der Waals surface area contributed by atoms with Crippen molar-refractivity contribution in [2.45, 2.75) is 29.2 Å². The highest BCUT2D eigenvalue weighted by atomic mass is 79.9. The second-order valence-corrected chi connectivity index (χ2v) is 10.4. The molecule has 0 radical (unpaired) electrons. The van der Waals surface area contributed by atoms with E-state index in [0.717, 1.165) is 17.6 Å². The van der Waals surface area contributed by atoms with Gasteiger partial charge in [-0.3, -0.25) is 0 Å². The molecular weight excluding hydrogens is 486 g/mol. The van der Waals surface area contributed by atoms with Crippen LogP contribution in [0.2, 0.25) is 0 Å². The number of halogens is 2. The van der Waals surface area contributed by atoms with Crippen molar-refractivity contribution >= 4 is 51.4 Å². The number of fused-ring (bicyclic) bond motifs is 5. The van der Waals surface area contributed by atoms with Gasteiger partial charge in [0.05, 0.1) is 13.2 Å². The molecule has 1 saturated heterocycles. The molecular formula is C23H23BrClNOS2. The number of rotatable bonds is 5. The number of thiophene rings is 1. The van der Waals surface area contributed by atoms with Crippen LogP contribution in [-0.4, -0.2) is 31.1 Å². The summed E-state index contributed by atoms with van der Waals surface area (Å²) in [5.41, 5.74) is 3.98. The molecule has 5 rings (SSSR count). The monoisotopic (exact) mass is 507 g/mol.